The number of ether oxygens (including phenoxy) is 3. The number of benzene rings is 2. The Balaban J connectivity index is 1.45. The van der Waals surface area contributed by atoms with Crippen molar-refractivity contribution in [2.24, 2.45) is 0 Å². The number of carbonyl (C=O) groups is 2. The number of esters is 1. The lowest BCUT2D eigenvalue weighted by Gasteiger charge is -2.19. The van der Waals surface area contributed by atoms with Crippen molar-refractivity contribution in [1.29, 1.82) is 0 Å². The van der Waals surface area contributed by atoms with E-state index in [2.05, 4.69) is 21.2 Å². The monoisotopic (exact) mass is 465 g/mol. The molecular formula is C20H20BrNO5S. The van der Waals surface area contributed by atoms with Gasteiger partial charge in [-0.1, -0.05) is 15.9 Å². The van der Waals surface area contributed by atoms with Crippen LogP contribution in [-0.4, -0.2) is 37.4 Å². The summed E-state index contributed by atoms with van der Waals surface area (Å²) in [5.41, 5.74) is 2.73. The first-order chi connectivity index (χ1) is 13.4. The number of rotatable bonds is 6. The quantitative estimate of drug-likeness (QED) is 0.510. The fourth-order valence-corrected chi connectivity index (χ4v) is 3.91. The lowest BCUT2D eigenvalue weighted by atomic mass is 10.2. The Morgan fingerprint density at radius 1 is 1.11 bits per heavy atom. The molecule has 0 fully saturated rings. The Bertz CT molecular complexity index is 902. The first-order valence-electron chi connectivity index (χ1n) is 8.67. The zero-order valence-corrected chi connectivity index (χ0v) is 17.9. The lowest BCUT2D eigenvalue weighted by molar-refractivity contribution is -0.144. The SMILES string of the molecule is Cc1cc(SCC(=O)OCC(=O)Nc2ccc3c(c2)OCCO3)c(C)cc1Br. The number of amides is 1. The maximum Gasteiger partial charge on any atom is 0.316 e. The minimum absolute atomic E-state index is 0.138. The van der Waals surface area contributed by atoms with Crippen molar-refractivity contribution in [3.05, 3.63) is 45.9 Å². The molecule has 6 nitrogen and oxygen atoms in total. The van der Waals surface area contributed by atoms with Crippen LogP contribution in [0.3, 0.4) is 0 Å². The van der Waals surface area contributed by atoms with Gasteiger partial charge >= 0.3 is 5.97 Å². The molecule has 1 N–H and O–H groups in total. The molecule has 1 amide bonds. The average molecular weight is 466 g/mol. The summed E-state index contributed by atoms with van der Waals surface area (Å²) >= 11 is 4.88. The predicted molar refractivity (Wildman–Crippen MR) is 111 cm³/mol. The van der Waals surface area contributed by atoms with E-state index in [1.54, 1.807) is 18.2 Å². The van der Waals surface area contributed by atoms with E-state index in [1.165, 1.54) is 11.8 Å². The second-order valence-corrected chi connectivity index (χ2v) is 8.09. The summed E-state index contributed by atoms with van der Waals surface area (Å²) in [5, 5.41) is 2.68. The van der Waals surface area contributed by atoms with E-state index in [0.29, 0.717) is 30.4 Å². The molecule has 0 aliphatic carbocycles. The lowest BCUT2D eigenvalue weighted by Crippen LogP contribution is -2.22. The standard InChI is InChI=1S/C20H20BrNO5S/c1-12-8-18(13(2)7-15(12)21)28-11-20(24)27-10-19(23)22-14-3-4-16-17(9-14)26-6-5-25-16/h3-4,7-9H,5-6,10-11H2,1-2H3,(H,22,23). The number of hydrogen-bond acceptors (Lipinski definition) is 6. The average Bonchev–Trinajstić information content (AvgIpc) is 2.68. The fraction of sp³-hybridized carbons (Fsp3) is 0.300. The van der Waals surface area contributed by atoms with Crippen molar-refractivity contribution in [1.82, 2.24) is 0 Å². The van der Waals surface area contributed by atoms with Crippen LogP contribution in [0.1, 0.15) is 11.1 Å². The van der Waals surface area contributed by atoms with Crippen molar-refractivity contribution in [2.45, 2.75) is 18.7 Å². The van der Waals surface area contributed by atoms with Crippen LogP contribution in [0.2, 0.25) is 0 Å². The van der Waals surface area contributed by atoms with E-state index in [9.17, 15) is 9.59 Å². The highest BCUT2D eigenvalue weighted by molar-refractivity contribution is 9.10. The molecule has 0 bridgehead atoms. The van der Waals surface area contributed by atoms with Crippen molar-refractivity contribution in [3.8, 4) is 11.5 Å². The first-order valence-corrected chi connectivity index (χ1v) is 10.4. The molecule has 0 unspecified atom stereocenters. The van der Waals surface area contributed by atoms with E-state index in [-0.39, 0.29) is 12.4 Å². The van der Waals surface area contributed by atoms with Crippen molar-refractivity contribution >= 4 is 45.3 Å². The third-order valence-corrected chi connectivity index (χ3v) is 5.98. The van der Waals surface area contributed by atoms with E-state index in [4.69, 9.17) is 14.2 Å². The fourth-order valence-electron chi connectivity index (χ4n) is 2.55. The molecular weight excluding hydrogens is 446 g/mol. The first kappa shape index (κ1) is 20.5. The highest BCUT2D eigenvalue weighted by Gasteiger charge is 2.14. The van der Waals surface area contributed by atoms with Crippen LogP contribution in [-0.2, 0) is 14.3 Å². The molecule has 1 aliphatic heterocycles. The highest BCUT2D eigenvalue weighted by Crippen LogP contribution is 2.32. The highest BCUT2D eigenvalue weighted by atomic mass is 79.9. The van der Waals surface area contributed by atoms with Crippen LogP contribution in [0.4, 0.5) is 5.69 Å². The van der Waals surface area contributed by atoms with Crippen molar-refractivity contribution in [2.75, 3.05) is 30.9 Å². The number of carbonyl (C=O) groups excluding carboxylic acids is 2. The number of halogens is 1. The largest absolute Gasteiger partial charge is 0.486 e. The van der Waals surface area contributed by atoms with Crippen molar-refractivity contribution in [3.63, 3.8) is 0 Å². The van der Waals surface area contributed by atoms with Gasteiger partial charge in [-0.3, -0.25) is 9.59 Å². The molecule has 0 saturated carbocycles. The van der Waals surface area contributed by atoms with Gasteiger partial charge in [0.15, 0.2) is 18.1 Å². The zero-order chi connectivity index (χ0) is 20.1. The molecule has 1 aliphatic rings. The molecule has 0 atom stereocenters. The maximum absolute atomic E-state index is 12.0. The molecule has 1 heterocycles. The van der Waals surface area contributed by atoms with Crippen LogP contribution in [0.15, 0.2) is 39.7 Å². The third-order valence-electron chi connectivity index (χ3n) is 3.99. The van der Waals surface area contributed by atoms with Gasteiger partial charge in [0.05, 0.1) is 5.75 Å². The van der Waals surface area contributed by atoms with Gasteiger partial charge in [0.25, 0.3) is 5.91 Å². The van der Waals surface area contributed by atoms with Gasteiger partial charge in [-0.25, -0.2) is 0 Å². The second-order valence-electron chi connectivity index (χ2n) is 6.22. The Kier molecular flexibility index (Phi) is 6.85. The van der Waals surface area contributed by atoms with Crippen molar-refractivity contribution < 1.29 is 23.8 Å². The van der Waals surface area contributed by atoms with Crippen LogP contribution in [0, 0.1) is 13.8 Å². The van der Waals surface area contributed by atoms with Gasteiger partial charge in [0.2, 0.25) is 0 Å². The third kappa shape index (κ3) is 5.42. The topological polar surface area (TPSA) is 73.9 Å². The molecule has 0 radical (unpaired) electrons. The normalized spacial score (nSPS) is 12.4. The Morgan fingerprint density at radius 3 is 2.64 bits per heavy atom. The van der Waals surface area contributed by atoms with E-state index < -0.39 is 11.9 Å². The summed E-state index contributed by atoms with van der Waals surface area (Å²) < 4.78 is 17.0. The minimum Gasteiger partial charge on any atom is -0.486 e. The van der Waals surface area contributed by atoms with Gasteiger partial charge in [0.1, 0.15) is 13.2 Å². The molecule has 8 heteroatoms. The maximum atomic E-state index is 12.0. The molecule has 28 heavy (non-hydrogen) atoms. The second kappa shape index (κ2) is 9.34. The molecule has 3 rings (SSSR count). The van der Waals surface area contributed by atoms with Crippen LogP contribution in [0.5, 0.6) is 11.5 Å². The summed E-state index contributed by atoms with van der Waals surface area (Å²) in [7, 11) is 0. The van der Waals surface area contributed by atoms with Gasteiger partial charge in [0, 0.05) is 21.1 Å². The number of aryl methyl sites for hydroxylation is 2. The van der Waals surface area contributed by atoms with Gasteiger partial charge in [-0.15, -0.1) is 11.8 Å². The summed E-state index contributed by atoms with van der Waals surface area (Å²) in [5.74, 6) is 0.510. The van der Waals surface area contributed by atoms with E-state index in [1.807, 2.05) is 26.0 Å². The molecule has 2 aromatic carbocycles. The summed E-state index contributed by atoms with van der Waals surface area (Å²) in [4.78, 5) is 25.0. The number of fused-ring (bicyclic) bond motifs is 1. The van der Waals surface area contributed by atoms with Gasteiger partial charge in [-0.05, 0) is 49.2 Å². The predicted octanol–water partition coefficient (Wildman–Crippen LogP) is 4.11. The molecule has 148 valence electrons. The van der Waals surface area contributed by atoms with E-state index >= 15 is 0 Å². The smallest absolute Gasteiger partial charge is 0.316 e. The number of anilines is 1. The molecule has 0 aromatic heterocycles. The number of hydrogen-bond donors (Lipinski definition) is 1. The Labute approximate surface area is 176 Å². The summed E-state index contributed by atoms with van der Waals surface area (Å²) in [6.07, 6.45) is 0. The van der Waals surface area contributed by atoms with Crippen LogP contribution < -0.4 is 14.8 Å². The number of nitrogens with one attached hydrogen (secondary N) is 1. The van der Waals surface area contributed by atoms with Gasteiger partial charge in [-0.2, -0.15) is 0 Å². The van der Waals surface area contributed by atoms with Gasteiger partial charge < -0.3 is 19.5 Å². The molecule has 0 spiro atoms. The minimum atomic E-state index is -0.442. The Morgan fingerprint density at radius 2 is 1.86 bits per heavy atom. The van der Waals surface area contributed by atoms with Crippen LogP contribution >= 0.6 is 27.7 Å². The number of thioether (sulfide) groups is 1. The van der Waals surface area contributed by atoms with Crippen LogP contribution in [0.25, 0.3) is 0 Å². The zero-order valence-electron chi connectivity index (χ0n) is 15.5. The molecule has 0 saturated heterocycles. The van der Waals surface area contributed by atoms with E-state index in [0.717, 1.165) is 20.5 Å². The summed E-state index contributed by atoms with van der Waals surface area (Å²) in [6, 6.07) is 9.16. The summed E-state index contributed by atoms with van der Waals surface area (Å²) in [6.45, 7) is 4.61. The molecule has 2 aromatic rings. The Hall–Kier alpha value is -2.19.